The van der Waals surface area contributed by atoms with Gasteiger partial charge in [-0.2, -0.15) is 0 Å². The first kappa shape index (κ1) is 14.6. The molecule has 0 bridgehead atoms. The summed E-state index contributed by atoms with van der Waals surface area (Å²) < 4.78 is 5.93. The summed E-state index contributed by atoms with van der Waals surface area (Å²) >= 11 is 9.16. The van der Waals surface area contributed by atoms with Crippen LogP contribution in [0.2, 0.25) is 5.02 Å². The second-order valence-corrected chi connectivity index (χ2v) is 5.06. The van der Waals surface area contributed by atoms with Crippen LogP contribution in [0.1, 0.15) is 10.5 Å². The Balaban J connectivity index is 2.35. The van der Waals surface area contributed by atoms with Crippen molar-refractivity contribution in [2.45, 2.75) is 0 Å². The van der Waals surface area contributed by atoms with E-state index >= 15 is 0 Å². The summed E-state index contributed by atoms with van der Waals surface area (Å²) in [5.74, 6) is -0.132. The van der Waals surface area contributed by atoms with Crippen LogP contribution in [0.15, 0.2) is 34.8 Å². The lowest BCUT2D eigenvalue weighted by atomic mass is 10.3. The number of pyridine rings is 1. The van der Waals surface area contributed by atoms with E-state index in [1.165, 1.54) is 6.07 Å². The van der Waals surface area contributed by atoms with E-state index in [1.807, 2.05) is 6.07 Å². The first-order valence-electron chi connectivity index (χ1n) is 5.51. The lowest BCUT2D eigenvalue weighted by molar-refractivity contribution is 0.0691. The Morgan fingerprint density at radius 3 is 2.80 bits per heavy atom. The van der Waals surface area contributed by atoms with E-state index in [4.69, 9.17) is 21.4 Å². The summed E-state index contributed by atoms with van der Waals surface area (Å²) in [4.78, 5) is 14.9. The predicted molar refractivity (Wildman–Crippen MR) is 80.2 cm³/mol. The van der Waals surface area contributed by atoms with E-state index in [0.29, 0.717) is 17.3 Å². The summed E-state index contributed by atoms with van der Waals surface area (Å²) in [7, 11) is 1.57. The minimum absolute atomic E-state index is 0.0905. The first-order chi connectivity index (χ1) is 9.51. The number of methoxy groups -OCH3 is 1. The summed E-state index contributed by atoms with van der Waals surface area (Å²) in [6, 6.07) is 8.46. The van der Waals surface area contributed by atoms with Crippen molar-refractivity contribution in [1.29, 1.82) is 0 Å². The van der Waals surface area contributed by atoms with E-state index in [0.717, 1.165) is 4.47 Å². The molecule has 0 fully saturated rings. The third-order valence-corrected chi connectivity index (χ3v) is 3.48. The molecule has 0 radical (unpaired) electrons. The van der Waals surface area contributed by atoms with Crippen molar-refractivity contribution in [2.24, 2.45) is 0 Å². The number of ether oxygens (including phenoxy) is 1. The van der Waals surface area contributed by atoms with Gasteiger partial charge in [-0.3, -0.25) is 0 Å². The molecule has 7 heteroatoms. The third-order valence-electron chi connectivity index (χ3n) is 2.48. The van der Waals surface area contributed by atoms with Gasteiger partial charge in [0.2, 0.25) is 0 Å². The maximum atomic E-state index is 11.0. The van der Waals surface area contributed by atoms with Gasteiger partial charge >= 0.3 is 5.97 Å². The van der Waals surface area contributed by atoms with Gasteiger partial charge in [0.15, 0.2) is 5.69 Å². The zero-order valence-corrected chi connectivity index (χ0v) is 12.7. The van der Waals surface area contributed by atoms with Crippen LogP contribution in [-0.2, 0) is 0 Å². The van der Waals surface area contributed by atoms with Crippen LogP contribution in [0.25, 0.3) is 0 Å². The summed E-state index contributed by atoms with van der Waals surface area (Å²) in [6.45, 7) is 0. The minimum Gasteiger partial charge on any atom is -0.497 e. The Bertz CT molecular complexity index is 664. The van der Waals surface area contributed by atoms with Crippen LogP contribution in [-0.4, -0.2) is 23.2 Å². The van der Waals surface area contributed by atoms with Gasteiger partial charge in [-0.05, 0) is 40.2 Å². The smallest absolute Gasteiger partial charge is 0.356 e. The van der Waals surface area contributed by atoms with E-state index in [2.05, 4.69) is 26.2 Å². The highest BCUT2D eigenvalue weighted by Crippen LogP contribution is 2.29. The molecule has 104 valence electrons. The maximum Gasteiger partial charge on any atom is 0.356 e. The molecule has 0 spiro atoms. The van der Waals surface area contributed by atoms with Crippen LogP contribution < -0.4 is 10.1 Å². The lowest BCUT2D eigenvalue weighted by Crippen LogP contribution is -2.04. The van der Waals surface area contributed by atoms with Crippen LogP contribution in [0.3, 0.4) is 0 Å². The molecule has 2 aromatic rings. The summed E-state index contributed by atoms with van der Waals surface area (Å²) in [5.41, 5.74) is 0.506. The average Bonchev–Trinajstić information content (AvgIpc) is 2.43. The van der Waals surface area contributed by atoms with Crippen molar-refractivity contribution in [3.8, 4) is 5.75 Å². The number of carboxylic acids is 1. The van der Waals surface area contributed by atoms with Crippen LogP contribution in [0.5, 0.6) is 5.75 Å². The van der Waals surface area contributed by atoms with Crippen molar-refractivity contribution in [1.82, 2.24) is 4.98 Å². The fourth-order valence-electron chi connectivity index (χ4n) is 1.53. The Morgan fingerprint density at radius 2 is 2.15 bits per heavy atom. The molecule has 1 aromatic heterocycles. The van der Waals surface area contributed by atoms with Gasteiger partial charge in [0, 0.05) is 10.5 Å². The zero-order valence-electron chi connectivity index (χ0n) is 10.4. The Kier molecular flexibility index (Phi) is 4.46. The normalized spacial score (nSPS) is 10.2. The molecule has 1 heterocycles. The Morgan fingerprint density at radius 1 is 1.40 bits per heavy atom. The number of hydrogen-bond acceptors (Lipinski definition) is 4. The molecule has 20 heavy (non-hydrogen) atoms. The number of nitrogens with one attached hydrogen (secondary N) is 1. The molecule has 5 nitrogen and oxygen atoms in total. The highest BCUT2D eigenvalue weighted by molar-refractivity contribution is 9.10. The fraction of sp³-hybridized carbons (Fsp3) is 0.0769. The van der Waals surface area contributed by atoms with Crippen molar-refractivity contribution < 1.29 is 14.6 Å². The standard InChI is InChI=1S/C13H10BrClN2O3/c1-20-7-2-3-8(14)10(6-7)16-11-5-4-9(15)12(17-11)13(18)19/h2-6H,1H3,(H,16,17)(H,18,19). The second kappa shape index (κ2) is 6.11. The Labute approximate surface area is 128 Å². The van der Waals surface area contributed by atoms with Crippen molar-refractivity contribution in [3.05, 3.63) is 45.5 Å². The molecule has 0 saturated carbocycles. The number of carboxylic acid groups (broad SMARTS) is 1. The number of nitrogens with zero attached hydrogens (tertiary/aromatic N) is 1. The number of anilines is 2. The van der Waals surface area contributed by atoms with Gasteiger partial charge in [0.05, 0.1) is 17.8 Å². The summed E-state index contributed by atoms with van der Waals surface area (Å²) in [5, 5.41) is 12.1. The fourth-order valence-corrected chi connectivity index (χ4v) is 2.06. The average molecular weight is 358 g/mol. The number of benzene rings is 1. The zero-order chi connectivity index (χ0) is 14.7. The van der Waals surface area contributed by atoms with Gasteiger partial charge < -0.3 is 15.2 Å². The number of carbonyl (C=O) groups is 1. The number of aromatic carboxylic acids is 1. The molecule has 0 aliphatic heterocycles. The molecule has 0 saturated heterocycles. The van der Waals surface area contributed by atoms with E-state index in [9.17, 15) is 4.79 Å². The van der Waals surface area contributed by atoms with Gasteiger partial charge in [0.1, 0.15) is 11.6 Å². The van der Waals surface area contributed by atoms with Crippen LogP contribution in [0.4, 0.5) is 11.5 Å². The predicted octanol–water partition coefficient (Wildman–Crippen LogP) is 3.95. The molecule has 0 aliphatic carbocycles. The monoisotopic (exact) mass is 356 g/mol. The van der Waals surface area contributed by atoms with E-state index < -0.39 is 5.97 Å². The third kappa shape index (κ3) is 3.20. The minimum atomic E-state index is -1.18. The lowest BCUT2D eigenvalue weighted by Gasteiger charge is -2.10. The number of rotatable bonds is 4. The van der Waals surface area contributed by atoms with E-state index in [-0.39, 0.29) is 10.7 Å². The SMILES string of the molecule is COc1ccc(Br)c(Nc2ccc(Cl)c(C(=O)O)n2)c1. The molecule has 2 N–H and O–H groups in total. The number of aromatic nitrogens is 1. The van der Waals surface area contributed by atoms with Crippen LogP contribution in [0, 0.1) is 0 Å². The van der Waals surface area contributed by atoms with Crippen molar-refractivity contribution >= 4 is 45.0 Å². The van der Waals surface area contributed by atoms with Gasteiger partial charge in [-0.25, -0.2) is 9.78 Å². The maximum absolute atomic E-state index is 11.0. The molecule has 0 unspecified atom stereocenters. The molecular formula is C13H10BrClN2O3. The summed E-state index contributed by atoms with van der Waals surface area (Å²) in [6.07, 6.45) is 0. The molecular weight excluding hydrogens is 348 g/mol. The van der Waals surface area contributed by atoms with Gasteiger partial charge in [0.25, 0.3) is 0 Å². The van der Waals surface area contributed by atoms with Crippen molar-refractivity contribution in [2.75, 3.05) is 12.4 Å². The number of halogens is 2. The highest BCUT2D eigenvalue weighted by Gasteiger charge is 2.12. The number of hydrogen-bond donors (Lipinski definition) is 2. The molecule has 0 aliphatic rings. The Hall–Kier alpha value is -1.79. The van der Waals surface area contributed by atoms with Gasteiger partial charge in [-0.1, -0.05) is 11.6 Å². The first-order valence-corrected chi connectivity index (χ1v) is 6.68. The van der Waals surface area contributed by atoms with Crippen molar-refractivity contribution in [3.63, 3.8) is 0 Å². The topological polar surface area (TPSA) is 71.5 Å². The van der Waals surface area contributed by atoms with E-state index in [1.54, 1.807) is 25.3 Å². The molecule has 1 aromatic carbocycles. The second-order valence-electron chi connectivity index (χ2n) is 3.80. The van der Waals surface area contributed by atoms with Gasteiger partial charge in [-0.15, -0.1) is 0 Å². The van der Waals surface area contributed by atoms with Crippen LogP contribution >= 0.6 is 27.5 Å². The highest BCUT2D eigenvalue weighted by atomic mass is 79.9. The largest absolute Gasteiger partial charge is 0.497 e. The molecule has 0 amide bonds. The quantitative estimate of drug-likeness (QED) is 0.867. The molecule has 0 atom stereocenters. The molecule has 2 rings (SSSR count).